The second-order valence-corrected chi connectivity index (χ2v) is 6.27. The van der Waals surface area contributed by atoms with Gasteiger partial charge in [-0.05, 0) is 36.6 Å². The number of halogens is 2. The lowest BCUT2D eigenvalue weighted by atomic mass is 10.2. The Hall–Kier alpha value is -0.580. The van der Waals surface area contributed by atoms with Gasteiger partial charge < -0.3 is 10.6 Å². The molecule has 0 fully saturated rings. The molecule has 0 aliphatic heterocycles. The fourth-order valence-corrected chi connectivity index (χ4v) is 2.07. The molecule has 3 nitrogen and oxygen atoms in total. The number of nitrogens with one attached hydrogen (secondary N) is 2. The summed E-state index contributed by atoms with van der Waals surface area (Å²) in [6.45, 7) is 7.29. The highest BCUT2D eigenvalue weighted by molar-refractivity contribution is 9.10. The molecule has 0 aliphatic rings. The molecule has 19 heavy (non-hydrogen) atoms. The molecule has 1 atom stereocenters. The summed E-state index contributed by atoms with van der Waals surface area (Å²) in [5, 5.41) is 6.79. The van der Waals surface area contributed by atoms with Crippen LogP contribution < -0.4 is 10.6 Å². The molecular weight excluding hydrogens is 328 g/mol. The number of benzene rings is 1. The lowest BCUT2D eigenvalue weighted by Crippen LogP contribution is -2.43. The zero-order chi connectivity index (χ0) is 14.4. The summed E-state index contributed by atoms with van der Waals surface area (Å²) in [6, 6.07) is 5.39. The predicted octanol–water partition coefficient (Wildman–Crippen LogP) is 3.35. The number of hydrogen-bond acceptors (Lipinski definition) is 2. The van der Waals surface area contributed by atoms with Crippen LogP contribution in [0.1, 0.15) is 26.3 Å². The monoisotopic (exact) mass is 346 g/mol. The lowest BCUT2D eigenvalue weighted by Gasteiger charge is -2.15. The van der Waals surface area contributed by atoms with Gasteiger partial charge in [-0.3, -0.25) is 4.79 Å². The van der Waals surface area contributed by atoms with Gasteiger partial charge in [0.15, 0.2) is 0 Å². The lowest BCUT2D eigenvalue weighted by molar-refractivity contribution is -0.122. The van der Waals surface area contributed by atoms with Gasteiger partial charge in [-0.15, -0.1) is 0 Å². The van der Waals surface area contributed by atoms with Gasteiger partial charge in [-0.25, -0.2) is 0 Å². The van der Waals surface area contributed by atoms with E-state index in [-0.39, 0.29) is 11.9 Å². The fourth-order valence-electron chi connectivity index (χ4n) is 1.49. The van der Waals surface area contributed by atoms with Gasteiger partial charge in [0.05, 0.1) is 6.04 Å². The van der Waals surface area contributed by atoms with Crippen LogP contribution in [0.5, 0.6) is 0 Å². The van der Waals surface area contributed by atoms with E-state index in [1.54, 1.807) is 0 Å². The van der Waals surface area contributed by atoms with Crippen molar-refractivity contribution in [1.29, 1.82) is 0 Å². The molecule has 5 heteroatoms. The van der Waals surface area contributed by atoms with Gasteiger partial charge in [0.2, 0.25) is 5.91 Å². The first-order valence-electron chi connectivity index (χ1n) is 6.35. The van der Waals surface area contributed by atoms with E-state index >= 15 is 0 Å². The van der Waals surface area contributed by atoms with E-state index < -0.39 is 0 Å². The molecule has 0 bridgehead atoms. The highest BCUT2D eigenvalue weighted by Crippen LogP contribution is 2.20. The Morgan fingerprint density at radius 2 is 2.05 bits per heavy atom. The quantitative estimate of drug-likeness (QED) is 0.828. The van der Waals surface area contributed by atoms with Crippen molar-refractivity contribution in [2.24, 2.45) is 5.92 Å². The van der Waals surface area contributed by atoms with Crippen molar-refractivity contribution in [3.05, 3.63) is 33.3 Å². The summed E-state index contributed by atoms with van der Waals surface area (Å²) < 4.78 is 0.985. The zero-order valence-corrected chi connectivity index (χ0v) is 13.8. The van der Waals surface area contributed by atoms with Crippen LogP contribution in [0.4, 0.5) is 0 Å². The Morgan fingerprint density at radius 3 is 2.68 bits per heavy atom. The van der Waals surface area contributed by atoms with Gasteiger partial charge in [-0.2, -0.15) is 0 Å². The summed E-state index contributed by atoms with van der Waals surface area (Å²) in [6.07, 6.45) is 0. The molecule has 0 saturated carbocycles. The smallest absolute Gasteiger partial charge is 0.236 e. The largest absolute Gasteiger partial charge is 0.354 e. The molecule has 1 aromatic carbocycles. The maximum atomic E-state index is 11.8. The summed E-state index contributed by atoms with van der Waals surface area (Å²) in [5.74, 6) is 0.477. The van der Waals surface area contributed by atoms with Gasteiger partial charge in [0, 0.05) is 22.6 Å². The summed E-state index contributed by atoms with van der Waals surface area (Å²) >= 11 is 9.42. The van der Waals surface area contributed by atoms with Crippen LogP contribution in [0.25, 0.3) is 0 Å². The Morgan fingerprint density at radius 1 is 1.37 bits per heavy atom. The first kappa shape index (κ1) is 16.5. The molecule has 0 saturated heterocycles. The topological polar surface area (TPSA) is 41.1 Å². The Balaban J connectivity index is 2.47. The Kier molecular flexibility index (Phi) is 6.83. The van der Waals surface area contributed by atoms with Crippen molar-refractivity contribution >= 4 is 33.4 Å². The molecule has 1 unspecified atom stereocenters. The van der Waals surface area contributed by atoms with Crippen molar-refractivity contribution < 1.29 is 4.79 Å². The SMILES string of the molecule is CC(C)CNC(=O)C(C)NCc1cc(Cl)ccc1Br. The average molecular weight is 348 g/mol. The average Bonchev–Trinajstić information content (AvgIpc) is 2.36. The molecule has 1 rings (SSSR count). The van der Waals surface area contributed by atoms with Crippen LogP contribution >= 0.6 is 27.5 Å². The van der Waals surface area contributed by atoms with Gasteiger partial charge in [0.25, 0.3) is 0 Å². The first-order valence-corrected chi connectivity index (χ1v) is 7.52. The zero-order valence-electron chi connectivity index (χ0n) is 11.5. The third kappa shape index (κ3) is 5.93. The van der Waals surface area contributed by atoms with Crippen molar-refractivity contribution in [3.8, 4) is 0 Å². The summed E-state index contributed by atoms with van der Waals surface area (Å²) in [7, 11) is 0. The normalized spacial score (nSPS) is 12.5. The minimum atomic E-state index is -0.232. The van der Waals surface area contributed by atoms with Crippen molar-refractivity contribution in [1.82, 2.24) is 10.6 Å². The number of amides is 1. The molecule has 2 N–H and O–H groups in total. The molecule has 0 aliphatic carbocycles. The fraction of sp³-hybridized carbons (Fsp3) is 0.500. The Labute approximate surface area is 128 Å². The maximum Gasteiger partial charge on any atom is 0.236 e. The van der Waals surface area contributed by atoms with Crippen LogP contribution in [0.15, 0.2) is 22.7 Å². The number of carbonyl (C=O) groups is 1. The van der Waals surface area contributed by atoms with E-state index in [4.69, 9.17) is 11.6 Å². The van der Waals surface area contributed by atoms with Crippen molar-refractivity contribution in [2.45, 2.75) is 33.4 Å². The van der Waals surface area contributed by atoms with Gasteiger partial charge in [-0.1, -0.05) is 41.4 Å². The van der Waals surface area contributed by atoms with Crippen LogP contribution in [-0.4, -0.2) is 18.5 Å². The van der Waals surface area contributed by atoms with Gasteiger partial charge in [0.1, 0.15) is 0 Å². The van der Waals surface area contributed by atoms with Crippen molar-refractivity contribution in [3.63, 3.8) is 0 Å². The molecule has 106 valence electrons. The predicted molar refractivity (Wildman–Crippen MR) is 83.3 cm³/mol. The van der Waals surface area contributed by atoms with Gasteiger partial charge >= 0.3 is 0 Å². The Bertz CT molecular complexity index is 437. The second kappa shape index (κ2) is 7.88. The van der Waals surface area contributed by atoms with E-state index in [1.807, 2.05) is 25.1 Å². The number of rotatable bonds is 6. The summed E-state index contributed by atoms with van der Waals surface area (Å²) in [4.78, 5) is 11.8. The second-order valence-electron chi connectivity index (χ2n) is 4.98. The molecular formula is C14H20BrClN2O. The maximum absolute atomic E-state index is 11.8. The molecule has 0 radical (unpaired) electrons. The van der Waals surface area contributed by atoms with Crippen molar-refractivity contribution in [2.75, 3.05) is 6.54 Å². The standard InChI is InChI=1S/C14H20BrClN2O/c1-9(2)7-18-14(19)10(3)17-8-11-6-12(16)4-5-13(11)15/h4-6,9-10,17H,7-8H2,1-3H3,(H,18,19). The van der Waals surface area contributed by atoms with Crippen LogP contribution in [0.3, 0.4) is 0 Å². The number of hydrogen-bond donors (Lipinski definition) is 2. The molecule has 1 aromatic rings. The number of carbonyl (C=O) groups excluding carboxylic acids is 1. The highest BCUT2D eigenvalue weighted by Gasteiger charge is 2.12. The van der Waals surface area contributed by atoms with Crippen LogP contribution in [-0.2, 0) is 11.3 Å². The third-order valence-electron chi connectivity index (χ3n) is 2.68. The van der Waals surface area contributed by atoms with Crippen LogP contribution in [0.2, 0.25) is 5.02 Å². The minimum absolute atomic E-state index is 0.0202. The van der Waals surface area contributed by atoms with E-state index in [2.05, 4.69) is 40.4 Å². The molecule has 1 amide bonds. The van der Waals surface area contributed by atoms with E-state index in [0.717, 1.165) is 10.0 Å². The minimum Gasteiger partial charge on any atom is -0.354 e. The van der Waals surface area contributed by atoms with E-state index in [9.17, 15) is 4.79 Å². The first-order chi connectivity index (χ1) is 8.90. The van der Waals surface area contributed by atoms with E-state index in [1.165, 1.54) is 0 Å². The summed E-state index contributed by atoms with van der Waals surface area (Å²) in [5.41, 5.74) is 1.04. The third-order valence-corrected chi connectivity index (χ3v) is 3.69. The van der Waals surface area contributed by atoms with E-state index in [0.29, 0.717) is 24.0 Å². The molecule has 0 heterocycles. The van der Waals surface area contributed by atoms with Crippen LogP contribution in [0, 0.1) is 5.92 Å². The molecule has 0 aromatic heterocycles. The highest BCUT2D eigenvalue weighted by atomic mass is 79.9. The molecule has 0 spiro atoms.